The van der Waals surface area contributed by atoms with Gasteiger partial charge < -0.3 is 15.5 Å². The molecule has 108 valence electrons. The van der Waals surface area contributed by atoms with Crippen LogP contribution >= 0.6 is 11.6 Å². The number of primary amides is 1. The number of nitrogens with two attached hydrogens (primary N) is 1. The molecule has 0 saturated carbocycles. The zero-order valence-corrected chi connectivity index (χ0v) is 10.8. The minimum atomic E-state index is -4.63. The van der Waals surface area contributed by atoms with Gasteiger partial charge in [-0.15, -0.1) is 0 Å². The van der Waals surface area contributed by atoms with Crippen molar-refractivity contribution in [3.8, 4) is 0 Å². The molecular weight excluding hydrogens is 299 g/mol. The van der Waals surface area contributed by atoms with E-state index in [0.29, 0.717) is 0 Å². The van der Waals surface area contributed by atoms with Crippen molar-refractivity contribution in [3.63, 3.8) is 0 Å². The van der Waals surface area contributed by atoms with Crippen LogP contribution in [0.1, 0.15) is 12.5 Å². The fourth-order valence-corrected chi connectivity index (χ4v) is 1.74. The van der Waals surface area contributed by atoms with Crippen LogP contribution in [0.2, 0.25) is 5.02 Å². The Balaban J connectivity index is 2.51. The van der Waals surface area contributed by atoms with Crippen LogP contribution in [-0.4, -0.2) is 16.9 Å². The first-order valence-corrected chi connectivity index (χ1v) is 5.79. The average Bonchev–Trinajstić information content (AvgIpc) is 2.68. The van der Waals surface area contributed by atoms with E-state index in [4.69, 9.17) is 21.8 Å². The van der Waals surface area contributed by atoms with Gasteiger partial charge in [-0.25, -0.2) is 0 Å². The Hall–Kier alpha value is -1.96. The maximum absolute atomic E-state index is 12.9. The summed E-state index contributed by atoms with van der Waals surface area (Å²) >= 11 is 5.62. The molecule has 3 N–H and O–H groups in total. The van der Waals surface area contributed by atoms with Gasteiger partial charge in [-0.05, 0) is 19.1 Å². The number of carbonyl (C=O) groups excluding carboxylic acids is 1. The highest BCUT2D eigenvalue weighted by atomic mass is 35.5. The van der Waals surface area contributed by atoms with E-state index in [-0.39, 0.29) is 16.6 Å². The van der Waals surface area contributed by atoms with E-state index in [1.165, 1.54) is 13.0 Å². The Morgan fingerprint density at radius 2 is 2.15 bits per heavy atom. The lowest BCUT2D eigenvalue weighted by Gasteiger charge is -2.07. The summed E-state index contributed by atoms with van der Waals surface area (Å²) in [7, 11) is 0. The largest absolute Gasteiger partial charge is 0.423 e. The molecule has 5 nitrogen and oxygen atoms in total. The Kier molecular flexibility index (Phi) is 3.51. The number of benzene rings is 1. The molecule has 9 heteroatoms. The predicted octanol–water partition coefficient (Wildman–Crippen LogP) is 2.79. The topological polar surface area (TPSA) is 81.2 Å². The van der Waals surface area contributed by atoms with Crippen molar-refractivity contribution in [2.75, 3.05) is 5.32 Å². The summed E-state index contributed by atoms with van der Waals surface area (Å²) in [4.78, 5) is 14.7. The lowest BCUT2D eigenvalue weighted by molar-refractivity contribution is -0.136. The smallest absolute Gasteiger partial charge is 0.420 e. The number of alkyl halides is 3. The van der Waals surface area contributed by atoms with Crippen LogP contribution in [0.5, 0.6) is 0 Å². The number of hydrogen-bond donors (Lipinski definition) is 2. The SMILES string of the molecule is C[C@H](Nc1nc2cc(Cl)cc(C(F)(F)F)c2o1)C(N)=O. The summed E-state index contributed by atoms with van der Waals surface area (Å²) in [6.45, 7) is 1.43. The standard InChI is InChI=1S/C11H9ClF3N3O2/c1-4(9(16)19)17-10-18-7-3-5(12)2-6(8(7)20-10)11(13,14)15/h2-4H,1H3,(H2,16,19)(H,17,18)/t4-/m0/s1. The number of carbonyl (C=O) groups is 1. The van der Waals surface area contributed by atoms with Crippen molar-refractivity contribution in [3.05, 3.63) is 22.7 Å². The molecule has 0 aliphatic carbocycles. The lowest BCUT2D eigenvalue weighted by Crippen LogP contribution is -2.32. The van der Waals surface area contributed by atoms with Gasteiger partial charge in [-0.1, -0.05) is 11.6 Å². The van der Waals surface area contributed by atoms with Gasteiger partial charge >= 0.3 is 6.18 Å². The van der Waals surface area contributed by atoms with E-state index in [1.807, 2.05) is 0 Å². The van der Waals surface area contributed by atoms with E-state index in [2.05, 4.69) is 10.3 Å². The molecule has 0 radical (unpaired) electrons. The maximum Gasteiger partial charge on any atom is 0.420 e. The number of rotatable bonds is 3. The summed E-state index contributed by atoms with van der Waals surface area (Å²) in [6, 6.07) is 0.901. The number of anilines is 1. The summed E-state index contributed by atoms with van der Waals surface area (Å²) < 4.78 is 43.6. The Bertz CT molecular complexity index is 669. The number of nitrogens with one attached hydrogen (secondary N) is 1. The van der Waals surface area contributed by atoms with E-state index < -0.39 is 29.3 Å². The quantitative estimate of drug-likeness (QED) is 0.913. The van der Waals surface area contributed by atoms with Gasteiger partial charge in [0.2, 0.25) is 5.91 Å². The molecule has 1 aromatic carbocycles. The minimum Gasteiger partial charge on any atom is -0.423 e. The molecule has 0 aliphatic heterocycles. The highest BCUT2D eigenvalue weighted by Gasteiger charge is 2.35. The fraction of sp³-hybridized carbons (Fsp3) is 0.273. The van der Waals surface area contributed by atoms with Crippen molar-refractivity contribution in [2.24, 2.45) is 5.73 Å². The highest BCUT2D eigenvalue weighted by molar-refractivity contribution is 6.31. The first-order valence-electron chi connectivity index (χ1n) is 5.41. The van der Waals surface area contributed by atoms with Crippen molar-refractivity contribution < 1.29 is 22.4 Å². The summed E-state index contributed by atoms with van der Waals surface area (Å²) in [5, 5.41) is 2.35. The number of halogens is 4. The number of fused-ring (bicyclic) bond motifs is 1. The van der Waals surface area contributed by atoms with Crippen molar-refractivity contribution >= 4 is 34.6 Å². The van der Waals surface area contributed by atoms with Gasteiger partial charge in [-0.3, -0.25) is 4.79 Å². The second kappa shape index (κ2) is 4.86. The van der Waals surface area contributed by atoms with Crippen molar-refractivity contribution in [2.45, 2.75) is 19.1 Å². The Morgan fingerprint density at radius 3 is 2.70 bits per heavy atom. The summed E-state index contributed by atoms with van der Waals surface area (Å²) in [6.07, 6.45) is -4.63. The van der Waals surface area contributed by atoms with Crippen LogP contribution in [0, 0.1) is 0 Å². The van der Waals surface area contributed by atoms with Gasteiger partial charge in [0.1, 0.15) is 17.1 Å². The van der Waals surface area contributed by atoms with Crippen LogP contribution in [-0.2, 0) is 11.0 Å². The normalized spacial score (nSPS) is 13.4. The van der Waals surface area contributed by atoms with Crippen LogP contribution in [0.25, 0.3) is 11.1 Å². The molecule has 0 bridgehead atoms. The lowest BCUT2D eigenvalue weighted by atomic mass is 10.2. The fourth-order valence-electron chi connectivity index (χ4n) is 1.53. The molecule has 1 amide bonds. The van der Waals surface area contributed by atoms with Gasteiger partial charge in [0, 0.05) is 5.02 Å². The molecule has 1 aromatic heterocycles. The van der Waals surface area contributed by atoms with E-state index in [9.17, 15) is 18.0 Å². The molecule has 0 saturated heterocycles. The molecule has 0 aliphatic rings. The molecule has 1 heterocycles. The minimum absolute atomic E-state index is 0.0657. The predicted molar refractivity (Wildman–Crippen MR) is 66.3 cm³/mol. The Morgan fingerprint density at radius 1 is 1.50 bits per heavy atom. The third-order valence-electron chi connectivity index (χ3n) is 2.53. The third kappa shape index (κ3) is 2.79. The zero-order valence-electron chi connectivity index (χ0n) is 10.1. The van der Waals surface area contributed by atoms with Crippen LogP contribution in [0.3, 0.4) is 0 Å². The molecule has 0 fully saturated rings. The second-order valence-corrected chi connectivity index (χ2v) is 4.52. The van der Waals surface area contributed by atoms with Crippen LogP contribution < -0.4 is 11.1 Å². The zero-order chi connectivity index (χ0) is 15.1. The molecule has 2 aromatic rings. The summed E-state index contributed by atoms with van der Waals surface area (Å²) in [5.74, 6) is -0.693. The number of nitrogens with zero attached hydrogens (tertiary/aromatic N) is 1. The van der Waals surface area contributed by atoms with Crippen molar-refractivity contribution in [1.82, 2.24) is 4.98 Å². The maximum atomic E-state index is 12.9. The number of oxazole rings is 1. The first-order chi connectivity index (χ1) is 9.18. The van der Waals surface area contributed by atoms with E-state index >= 15 is 0 Å². The average molecular weight is 308 g/mol. The van der Waals surface area contributed by atoms with Crippen LogP contribution in [0.4, 0.5) is 19.2 Å². The molecule has 20 heavy (non-hydrogen) atoms. The number of aromatic nitrogens is 1. The molecule has 2 rings (SSSR count). The highest BCUT2D eigenvalue weighted by Crippen LogP contribution is 2.37. The van der Waals surface area contributed by atoms with E-state index in [0.717, 1.165) is 6.07 Å². The Labute approximate surface area is 115 Å². The third-order valence-corrected chi connectivity index (χ3v) is 2.75. The molecular formula is C11H9ClF3N3O2. The van der Waals surface area contributed by atoms with Gasteiger partial charge in [0.15, 0.2) is 5.58 Å². The molecule has 0 spiro atoms. The van der Waals surface area contributed by atoms with Crippen LogP contribution in [0.15, 0.2) is 16.5 Å². The number of amides is 1. The monoisotopic (exact) mass is 307 g/mol. The van der Waals surface area contributed by atoms with Gasteiger partial charge in [0.05, 0.1) is 0 Å². The number of hydrogen-bond acceptors (Lipinski definition) is 4. The van der Waals surface area contributed by atoms with Gasteiger partial charge in [0.25, 0.3) is 6.01 Å². The summed E-state index contributed by atoms with van der Waals surface area (Å²) in [5.41, 5.74) is 3.47. The molecule has 1 atom stereocenters. The van der Waals surface area contributed by atoms with E-state index in [1.54, 1.807) is 0 Å². The van der Waals surface area contributed by atoms with Crippen molar-refractivity contribution in [1.29, 1.82) is 0 Å². The van der Waals surface area contributed by atoms with Gasteiger partial charge in [-0.2, -0.15) is 18.2 Å². The second-order valence-electron chi connectivity index (χ2n) is 4.09. The first kappa shape index (κ1) is 14.4. The molecule has 0 unspecified atom stereocenters.